The summed E-state index contributed by atoms with van der Waals surface area (Å²) in [7, 11) is 0. The molecule has 0 fully saturated rings. The standard InChI is InChI=1S/C10H8Cl2O/c11-5-1-2-8-6-10(12)4-3-9(8)7-13/h1-4,6-7H,5H2. The van der Waals surface area contributed by atoms with Crippen LogP contribution in [0, 0.1) is 0 Å². The zero-order valence-corrected chi connectivity index (χ0v) is 8.35. The van der Waals surface area contributed by atoms with Gasteiger partial charge in [-0.25, -0.2) is 0 Å². The third-order valence-corrected chi connectivity index (χ3v) is 1.98. The fourth-order valence-corrected chi connectivity index (χ4v) is 1.24. The van der Waals surface area contributed by atoms with E-state index in [1.54, 1.807) is 30.4 Å². The molecule has 0 amide bonds. The highest BCUT2D eigenvalue weighted by Gasteiger charge is 1.98. The SMILES string of the molecule is O=Cc1ccc(Cl)cc1C=CCCl. The lowest BCUT2D eigenvalue weighted by molar-refractivity contribution is 0.112. The van der Waals surface area contributed by atoms with Gasteiger partial charge in [0.15, 0.2) is 6.29 Å². The lowest BCUT2D eigenvalue weighted by Crippen LogP contribution is -1.85. The van der Waals surface area contributed by atoms with Crippen molar-refractivity contribution in [2.75, 3.05) is 5.88 Å². The van der Waals surface area contributed by atoms with Crippen molar-refractivity contribution in [3.63, 3.8) is 0 Å². The first-order chi connectivity index (χ1) is 6.27. The molecule has 0 aliphatic rings. The maximum atomic E-state index is 10.6. The predicted octanol–water partition coefficient (Wildman–Crippen LogP) is 3.40. The van der Waals surface area contributed by atoms with Gasteiger partial charge in [0, 0.05) is 16.5 Å². The van der Waals surface area contributed by atoms with E-state index in [2.05, 4.69) is 0 Å². The van der Waals surface area contributed by atoms with E-state index in [1.807, 2.05) is 0 Å². The van der Waals surface area contributed by atoms with Crippen molar-refractivity contribution in [3.05, 3.63) is 40.4 Å². The smallest absolute Gasteiger partial charge is 0.150 e. The molecule has 0 heterocycles. The van der Waals surface area contributed by atoms with E-state index in [-0.39, 0.29) is 0 Å². The van der Waals surface area contributed by atoms with Gasteiger partial charge in [-0.2, -0.15) is 0 Å². The van der Waals surface area contributed by atoms with Crippen molar-refractivity contribution in [1.29, 1.82) is 0 Å². The molecule has 0 saturated heterocycles. The number of hydrogen-bond donors (Lipinski definition) is 0. The topological polar surface area (TPSA) is 17.1 Å². The van der Waals surface area contributed by atoms with E-state index in [9.17, 15) is 4.79 Å². The van der Waals surface area contributed by atoms with E-state index in [1.165, 1.54) is 0 Å². The number of halogens is 2. The van der Waals surface area contributed by atoms with E-state index < -0.39 is 0 Å². The molecule has 0 unspecified atom stereocenters. The largest absolute Gasteiger partial charge is 0.298 e. The molecule has 1 nitrogen and oxygen atoms in total. The van der Waals surface area contributed by atoms with Crippen LogP contribution in [0.4, 0.5) is 0 Å². The van der Waals surface area contributed by atoms with Gasteiger partial charge < -0.3 is 0 Å². The van der Waals surface area contributed by atoms with E-state index in [4.69, 9.17) is 23.2 Å². The number of hydrogen-bond acceptors (Lipinski definition) is 1. The van der Waals surface area contributed by atoms with Crippen LogP contribution in [0.1, 0.15) is 15.9 Å². The number of benzene rings is 1. The second-order valence-corrected chi connectivity index (χ2v) is 3.19. The Morgan fingerprint density at radius 3 is 2.69 bits per heavy atom. The van der Waals surface area contributed by atoms with Crippen LogP contribution in [-0.4, -0.2) is 12.2 Å². The predicted molar refractivity (Wildman–Crippen MR) is 56.6 cm³/mol. The van der Waals surface area contributed by atoms with Crippen LogP contribution in [0.5, 0.6) is 0 Å². The Morgan fingerprint density at radius 1 is 1.31 bits per heavy atom. The van der Waals surface area contributed by atoms with Gasteiger partial charge >= 0.3 is 0 Å². The maximum absolute atomic E-state index is 10.6. The second-order valence-electron chi connectivity index (χ2n) is 2.45. The summed E-state index contributed by atoms with van der Waals surface area (Å²) < 4.78 is 0. The molecule has 0 N–H and O–H groups in total. The Hall–Kier alpha value is -0.790. The molecule has 0 bridgehead atoms. The van der Waals surface area contributed by atoms with Gasteiger partial charge in [-0.1, -0.05) is 23.8 Å². The number of aldehydes is 1. The summed E-state index contributed by atoms with van der Waals surface area (Å²) in [5.41, 5.74) is 1.41. The van der Waals surface area contributed by atoms with Crippen LogP contribution in [0.3, 0.4) is 0 Å². The highest BCUT2D eigenvalue weighted by molar-refractivity contribution is 6.30. The van der Waals surface area contributed by atoms with Gasteiger partial charge in [-0.3, -0.25) is 4.79 Å². The molecule has 0 saturated carbocycles. The molecule has 0 radical (unpaired) electrons. The number of carbonyl (C=O) groups is 1. The van der Waals surface area contributed by atoms with Crippen molar-refractivity contribution in [1.82, 2.24) is 0 Å². The highest BCUT2D eigenvalue weighted by Crippen LogP contribution is 2.16. The molecule has 3 heteroatoms. The van der Waals surface area contributed by atoms with Crippen LogP contribution in [-0.2, 0) is 0 Å². The Morgan fingerprint density at radius 2 is 2.08 bits per heavy atom. The van der Waals surface area contributed by atoms with Gasteiger partial charge in [0.05, 0.1) is 0 Å². The van der Waals surface area contributed by atoms with Crippen LogP contribution in [0.15, 0.2) is 24.3 Å². The molecule has 13 heavy (non-hydrogen) atoms. The Bertz CT molecular complexity index is 332. The average Bonchev–Trinajstić information content (AvgIpc) is 2.15. The molecule has 0 spiro atoms. The van der Waals surface area contributed by atoms with Crippen LogP contribution >= 0.6 is 23.2 Å². The van der Waals surface area contributed by atoms with Crippen molar-refractivity contribution >= 4 is 35.6 Å². The summed E-state index contributed by atoms with van der Waals surface area (Å²) >= 11 is 11.2. The van der Waals surface area contributed by atoms with E-state index in [0.717, 1.165) is 11.8 Å². The fraction of sp³-hybridized carbons (Fsp3) is 0.100. The lowest BCUT2D eigenvalue weighted by atomic mass is 10.1. The number of rotatable bonds is 3. The van der Waals surface area contributed by atoms with Gasteiger partial charge in [0.1, 0.15) is 0 Å². The highest BCUT2D eigenvalue weighted by atomic mass is 35.5. The monoisotopic (exact) mass is 214 g/mol. The first kappa shape index (κ1) is 10.3. The number of carbonyl (C=O) groups excluding carboxylic acids is 1. The molecular weight excluding hydrogens is 207 g/mol. The van der Waals surface area contributed by atoms with Crippen molar-refractivity contribution in [2.45, 2.75) is 0 Å². The Balaban J connectivity index is 3.08. The molecule has 0 aliphatic heterocycles. The summed E-state index contributed by atoms with van der Waals surface area (Å²) in [5, 5.41) is 0.611. The minimum Gasteiger partial charge on any atom is -0.298 e. The number of alkyl halides is 1. The summed E-state index contributed by atoms with van der Waals surface area (Å²) in [6.45, 7) is 0. The normalized spacial score (nSPS) is 10.6. The molecule has 1 rings (SSSR count). The molecule has 1 aromatic rings. The molecule has 0 aromatic heterocycles. The Kier molecular flexibility index (Phi) is 4.00. The zero-order chi connectivity index (χ0) is 9.68. The van der Waals surface area contributed by atoms with Gasteiger partial charge in [0.25, 0.3) is 0 Å². The molecule has 0 atom stereocenters. The molecule has 0 aliphatic carbocycles. The number of allylic oxidation sites excluding steroid dienone is 1. The molecule has 68 valence electrons. The minimum absolute atomic E-state index is 0.421. The summed E-state index contributed by atoms with van der Waals surface area (Å²) in [6, 6.07) is 5.10. The van der Waals surface area contributed by atoms with Crippen LogP contribution in [0.25, 0.3) is 6.08 Å². The summed E-state index contributed by atoms with van der Waals surface area (Å²) in [5.74, 6) is 0.421. The summed E-state index contributed by atoms with van der Waals surface area (Å²) in [4.78, 5) is 10.6. The quantitative estimate of drug-likeness (QED) is 0.557. The van der Waals surface area contributed by atoms with Gasteiger partial charge in [-0.15, -0.1) is 11.6 Å². The molecular formula is C10H8Cl2O. The second kappa shape index (κ2) is 5.05. The van der Waals surface area contributed by atoms with Gasteiger partial charge in [0.2, 0.25) is 0 Å². The lowest BCUT2D eigenvalue weighted by Gasteiger charge is -1.98. The minimum atomic E-state index is 0.421. The Labute approximate surface area is 87.0 Å². The average molecular weight is 215 g/mol. The molecule has 1 aromatic carbocycles. The van der Waals surface area contributed by atoms with Gasteiger partial charge in [-0.05, 0) is 23.8 Å². The van der Waals surface area contributed by atoms with Crippen molar-refractivity contribution in [2.24, 2.45) is 0 Å². The van der Waals surface area contributed by atoms with E-state index in [0.29, 0.717) is 16.5 Å². The van der Waals surface area contributed by atoms with Crippen molar-refractivity contribution < 1.29 is 4.79 Å². The van der Waals surface area contributed by atoms with Crippen LogP contribution in [0.2, 0.25) is 5.02 Å². The third kappa shape index (κ3) is 2.87. The first-order valence-corrected chi connectivity index (χ1v) is 4.66. The van der Waals surface area contributed by atoms with Crippen LogP contribution < -0.4 is 0 Å². The zero-order valence-electron chi connectivity index (χ0n) is 6.84. The maximum Gasteiger partial charge on any atom is 0.150 e. The third-order valence-electron chi connectivity index (χ3n) is 1.56. The first-order valence-electron chi connectivity index (χ1n) is 3.75. The summed E-state index contributed by atoms with van der Waals surface area (Å²) in [6.07, 6.45) is 4.34. The van der Waals surface area contributed by atoms with E-state index >= 15 is 0 Å². The fourth-order valence-electron chi connectivity index (χ4n) is 0.969. The van der Waals surface area contributed by atoms with Crippen molar-refractivity contribution in [3.8, 4) is 0 Å².